The molecule has 24 heavy (non-hydrogen) atoms. The highest BCUT2D eigenvalue weighted by molar-refractivity contribution is 5.48. The Morgan fingerprint density at radius 3 is 2.46 bits per heavy atom. The van der Waals surface area contributed by atoms with Gasteiger partial charge in [-0.1, -0.05) is 36.8 Å². The van der Waals surface area contributed by atoms with Crippen LogP contribution >= 0.6 is 0 Å². The van der Waals surface area contributed by atoms with Crippen LogP contribution in [-0.2, 0) is 5.54 Å². The van der Waals surface area contributed by atoms with Crippen LogP contribution in [0.2, 0.25) is 0 Å². The molecule has 0 aliphatic carbocycles. The van der Waals surface area contributed by atoms with E-state index in [0.717, 1.165) is 23.6 Å². The third-order valence-corrected chi connectivity index (χ3v) is 4.39. The van der Waals surface area contributed by atoms with Crippen molar-refractivity contribution >= 4 is 5.69 Å². The Morgan fingerprint density at radius 2 is 1.79 bits per heavy atom. The van der Waals surface area contributed by atoms with Crippen molar-refractivity contribution in [1.82, 2.24) is 20.2 Å². The van der Waals surface area contributed by atoms with Crippen molar-refractivity contribution < 1.29 is 0 Å². The molecule has 0 unspecified atom stereocenters. The zero-order valence-corrected chi connectivity index (χ0v) is 14.6. The fourth-order valence-corrected chi connectivity index (χ4v) is 2.72. The van der Waals surface area contributed by atoms with E-state index >= 15 is 0 Å². The molecule has 0 aliphatic heterocycles. The van der Waals surface area contributed by atoms with Gasteiger partial charge in [0.2, 0.25) is 0 Å². The minimum absolute atomic E-state index is 0.373. The zero-order valence-electron chi connectivity index (χ0n) is 14.6. The van der Waals surface area contributed by atoms with Crippen LogP contribution in [-0.4, -0.2) is 20.2 Å². The van der Waals surface area contributed by atoms with Crippen LogP contribution in [0.3, 0.4) is 0 Å². The quantitative estimate of drug-likeness (QED) is 0.771. The SMILES string of the molecule is CC[C@@](C)(Nc1ccc(C)cc1)c1nnnn1-c1cccc(C)c1. The normalized spacial score (nSPS) is 13.5. The van der Waals surface area contributed by atoms with E-state index < -0.39 is 0 Å². The molecule has 3 aromatic rings. The van der Waals surface area contributed by atoms with Crippen LogP contribution in [0.4, 0.5) is 5.69 Å². The molecule has 124 valence electrons. The van der Waals surface area contributed by atoms with E-state index in [1.165, 1.54) is 11.1 Å². The van der Waals surface area contributed by atoms with Crippen molar-refractivity contribution in [3.05, 3.63) is 65.5 Å². The Hall–Kier alpha value is -2.69. The lowest BCUT2D eigenvalue weighted by Crippen LogP contribution is -2.34. The van der Waals surface area contributed by atoms with Crippen LogP contribution in [0.15, 0.2) is 48.5 Å². The highest BCUT2D eigenvalue weighted by Gasteiger charge is 2.31. The first-order valence-electron chi connectivity index (χ1n) is 8.22. The summed E-state index contributed by atoms with van der Waals surface area (Å²) in [7, 11) is 0. The van der Waals surface area contributed by atoms with Gasteiger partial charge >= 0.3 is 0 Å². The number of benzene rings is 2. The summed E-state index contributed by atoms with van der Waals surface area (Å²) in [6.45, 7) is 8.42. The van der Waals surface area contributed by atoms with Crippen LogP contribution in [0, 0.1) is 13.8 Å². The third kappa shape index (κ3) is 3.15. The van der Waals surface area contributed by atoms with Crippen LogP contribution in [0.1, 0.15) is 37.2 Å². The summed E-state index contributed by atoms with van der Waals surface area (Å²) >= 11 is 0. The van der Waals surface area contributed by atoms with Gasteiger partial charge in [0.15, 0.2) is 5.82 Å². The fourth-order valence-electron chi connectivity index (χ4n) is 2.72. The number of hydrogen-bond acceptors (Lipinski definition) is 4. The molecule has 3 rings (SSSR count). The highest BCUT2D eigenvalue weighted by Crippen LogP contribution is 2.29. The highest BCUT2D eigenvalue weighted by atomic mass is 15.6. The average Bonchev–Trinajstić information content (AvgIpc) is 3.07. The lowest BCUT2D eigenvalue weighted by atomic mass is 9.96. The van der Waals surface area contributed by atoms with Gasteiger partial charge in [0, 0.05) is 5.69 Å². The topological polar surface area (TPSA) is 55.6 Å². The van der Waals surface area contributed by atoms with E-state index in [-0.39, 0.29) is 5.54 Å². The van der Waals surface area contributed by atoms with E-state index in [1.54, 1.807) is 0 Å². The minimum Gasteiger partial charge on any atom is -0.373 e. The molecule has 5 heteroatoms. The summed E-state index contributed by atoms with van der Waals surface area (Å²) in [6, 6.07) is 16.6. The van der Waals surface area contributed by atoms with E-state index in [0.29, 0.717) is 0 Å². The van der Waals surface area contributed by atoms with Crippen LogP contribution in [0.5, 0.6) is 0 Å². The summed E-state index contributed by atoms with van der Waals surface area (Å²) in [5, 5.41) is 16.0. The molecular formula is C19H23N5. The second kappa shape index (κ2) is 6.43. The van der Waals surface area contributed by atoms with Crippen molar-refractivity contribution in [2.45, 2.75) is 39.7 Å². The molecule has 0 saturated carbocycles. The Kier molecular flexibility index (Phi) is 4.34. The maximum Gasteiger partial charge on any atom is 0.181 e. The number of rotatable bonds is 5. The maximum atomic E-state index is 4.32. The zero-order chi connectivity index (χ0) is 17.2. The van der Waals surface area contributed by atoms with Crippen LogP contribution in [0.25, 0.3) is 5.69 Å². The van der Waals surface area contributed by atoms with Gasteiger partial charge in [-0.2, -0.15) is 4.68 Å². The first-order valence-corrected chi connectivity index (χ1v) is 8.22. The second-order valence-electron chi connectivity index (χ2n) is 6.43. The van der Waals surface area contributed by atoms with E-state index in [9.17, 15) is 0 Å². The average molecular weight is 321 g/mol. The van der Waals surface area contributed by atoms with Gasteiger partial charge in [-0.25, -0.2) is 0 Å². The van der Waals surface area contributed by atoms with Crippen molar-refractivity contribution in [3.63, 3.8) is 0 Å². The molecule has 1 N–H and O–H groups in total. The molecule has 1 heterocycles. The first-order chi connectivity index (χ1) is 11.5. The standard InChI is InChI=1S/C19H23N5/c1-5-19(4,20-16-11-9-14(2)10-12-16)18-21-22-23-24(18)17-8-6-7-15(3)13-17/h6-13,20H,5H2,1-4H3/t19-/m1/s1. The predicted octanol–water partition coefficient (Wildman–Crippen LogP) is 4.02. The fraction of sp³-hybridized carbons (Fsp3) is 0.316. The van der Waals surface area contributed by atoms with Gasteiger partial charge in [0.25, 0.3) is 0 Å². The Labute approximate surface area is 142 Å². The Bertz CT molecular complexity index is 822. The number of nitrogens with one attached hydrogen (secondary N) is 1. The molecule has 0 aliphatic rings. The number of tetrazole rings is 1. The number of aromatic nitrogens is 4. The molecule has 1 aromatic heterocycles. The summed E-state index contributed by atoms with van der Waals surface area (Å²) in [5.74, 6) is 0.802. The number of nitrogens with zero attached hydrogens (tertiary/aromatic N) is 4. The molecule has 0 radical (unpaired) electrons. The summed E-state index contributed by atoms with van der Waals surface area (Å²) in [5.41, 5.74) is 4.08. The molecule has 0 fully saturated rings. The van der Waals surface area contributed by atoms with E-state index in [1.807, 2.05) is 16.8 Å². The second-order valence-corrected chi connectivity index (χ2v) is 6.43. The molecule has 0 amide bonds. The van der Waals surface area contributed by atoms with Crippen molar-refractivity contribution in [3.8, 4) is 5.69 Å². The Morgan fingerprint density at radius 1 is 1.04 bits per heavy atom. The molecule has 0 bridgehead atoms. The smallest absolute Gasteiger partial charge is 0.181 e. The summed E-state index contributed by atoms with van der Waals surface area (Å²) in [4.78, 5) is 0. The molecular weight excluding hydrogens is 298 g/mol. The van der Waals surface area contributed by atoms with Crippen molar-refractivity contribution in [2.75, 3.05) is 5.32 Å². The van der Waals surface area contributed by atoms with E-state index in [2.05, 4.69) is 84.9 Å². The lowest BCUT2D eigenvalue weighted by Gasteiger charge is -2.29. The van der Waals surface area contributed by atoms with Gasteiger partial charge in [-0.15, -0.1) is 5.10 Å². The van der Waals surface area contributed by atoms with Crippen molar-refractivity contribution in [1.29, 1.82) is 0 Å². The van der Waals surface area contributed by atoms with Crippen LogP contribution < -0.4 is 5.32 Å². The van der Waals surface area contributed by atoms with Gasteiger partial charge in [0.05, 0.1) is 11.2 Å². The molecule has 0 spiro atoms. The monoisotopic (exact) mass is 321 g/mol. The molecule has 5 nitrogen and oxygen atoms in total. The van der Waals surface area contributed by atoms with Crippen molar-refractivity contribution in [2.24, 2.45) is 0 Å². The molecule has 2 aromatic carbocycles. The molecule has 1 atom stereocenters. The largest absolute Gasteiger partial charge is 0.373 e. The third-order valence-electron chi connectivity index (χ3n) is 4.39. The number of aryl methyl sites for hydroxylation is 2. The van der Waals surface area contributed by atoms with Gasteiger partial charge < -0.3 is 5.32 Å². The van der Waals surface area contributed by atoms with Gasteiger partial charge in [-0.3, -0.25) is 0 Å². The van der Waals surface area contributed by atoms with E-state index in [4.69, 9.17) is 0 Å². The van der Waals surface area contributed by atoms with Gasteiger partial charge in [0.1, 0.15) is 0 Å². The predicted molar refractivity (Wildman–Crippen MR) is 96.3 cm³/mol. The lowest BCUT2D eigenvalue weighted by molar-refractivity contribution is 0.474. The number of hydrogen-bond donors (Lipinski definition) is 1. The summed E-state index contributed by atoms with van der Waals surface area (Å²) in [6.07, 6.45) is 0.854. The minimum atomic E-state index is -0.373. The first kappa shape index (κ1) is 16.2. The summed E-state index contributed by atoms with van der Waals surface area (Å²) < 4.78 is 1.82. The van der Waals surface area contributed by atoms with Gasteiger partial charge in [-0.05, 0) is 67.4 Å². The Balaban J connectivity index is 1.99. The maximum absolute atomic E-state index is 4.32. The molecule has 0 saturated heterocycles. The number of anilines is 1.